The van der Waals surface area contributed by atoms with Crippen LogP contribution in [0.3, 0.4) is 0 Å². The predicted octanol–water partition coefficient (Wildman–Crippen LogP) is 2.99. The van der Waals surface area contributed by atoms with Crippen LogP contribution in [0.4, 0.5) is 0 Å². The number of rotatable bonds is 9. The summed E-state index contributed by atoms with van der Waals surface area (Å²) in [5.41, 5.74) is 1.22. The molecule has 18 heavy (non-hydrogen) atoms. The maximum Gasteiger partial charge on any atom is 0.124 e. The van der Waals surface area contributed by atoms with Crippen molar-refractivity contribution in [3.8, 4) is 5.75 Å². The largest absolute Gasteiger partial charge is 0.490 e. The second-order valence-corrected chi connectivity index (χ2v) is 4.47. The predicted molar refractivity (Wildman–Crippen MR) is 75.0 cm³/mol. The fraction of sp³-hybridized carbons (Fsp3) is 0.600. The molecule has 1 N–H and O–H groups in total. The van der Waals surface area contributed by atoms with Gasteiger partial charge in [-0.15, -0.1) is 0 Å². The summed E-state index contributed by atoms with van der Waals surface area (Å²) in [5.74, 6) is 0.992. The molecule has 1 aromatic carbocycles. The molecule has 1 atom stereocenters. The fourth-order valence-corrected chi connectivity index (χ4v) is 1.63. The molecule has 1 rings (SSSR count). The topological polar surface area (TPSA) is 30.5 Å². The van der Waals surface area contributed by atoms with E-state index in [2.05, 4.69) is 31.3 Å². The minimum atomic E-state index is 0.264. The maximum absolute atomic E-state index is 5.91. The number of para-hydroxylation sites is 1. The molecule has 0 heterocycles. The van der Waals surface area contributed by atoms with Gasteiger partial charge in [0.2, 0.25) is 0 Å². The van der Waals surface area contributed by atoms with Gasteiger partial charge in [-0.25, -0.2) is 0 Å². The molecule has 3 heteroatoms. The van der Waals surface area contributed by atoms with Gasteiger partial charge < -0.3 is 14.8 Å². The highest BCUT2D eigenvalue weighted by atomic mass is 16.5. The van der Waals surface area contributed by atoms with E-state index in [0.29, 0.717) is 0 Å². The van der Waals surface area contributed by atoms with Crippen LogP contribution in [0, 0.1) is 0 Å². The number of hydrogen-bond donors (Lipinski definition) is 1. The zero-order valence-corrected chi connectivity index (χ0v) is 11.7. The first-order valence-corrected chi connectivity index (χ1v) is 6.72. The monoisotopic (exact) mass is 251 g/mol. The Hall–Kier alpha value is -1.06. The first kappa shape index (κ1) is 15.0. The average Bonchev–Trinajstić information content (AvgIpc) is 2.40. The van der Waals surface area contributed by atoms with E-state index in [0.717, 1.165) is 38.3 Å². The van der Waals surface area contributed by atoms with Gasteiger partial charge >= 0.3 is 0 Å². The van der Waals surface area contributed by atoms with Crippen LogP contribution in [0.15, 0.2) is 24.3 Å². The standard InChI is InChI=1S/C15H25NO2/c1-4-13(2)18-15-9-6-5-8-14(15)12-16-10-7-11-17-3/h5-6,8-9,13,16H,4,7,10-12H2,1-3H3. The third-order valence-electron chi connectivity index (χ3n) is 2.89. The van der Waals surface area contributed by atoms with Crippen molar-refractivity contribution < 1.29 is 9.47 Å². The molecule has 102 valence electrons. The first-order chi connectivity index (χ1) is 8.77. The van der Waals surface area contributed by atoms with Crippen LogP contribution in [0.25, 0.3) is 0 Å². The van der Waals surface area contributed by atoms with Crippen molar-refractivity contribution in [1.82, 2.24) is 5.32 Å². The van der Waals surface area contributed by atoms with Gasteiger partial charge in [-0.3, -0.25) is 0 Å². The van der Waals surface area contributed by atoms with E-state index in [1.807, 2.05) is 12.1 Å². The van der Waals surface area contributed by atoms with E-state index in [1.165, 1.54) is 5.56 Å². The van der Waals surface area contributed by atoms with E-state index < -0.39 is 0 Å². The number of hydrogen-bond acceptors (Lipinski definition) is 3. The van der Waals surface area contributed by atoms with Crippen LogP contribution in [0.2, 0.25) is 0 Å². The van der Waals surface area contributed by atoms with Crippen LogP contribution in [-0.2, 0) is 11.3 Å². The maximum atomic E-state index is 5.91. The molecule has 0 aliphatic heterocycles. The normalized spacial score (nSPS) is 12.4. The molecule has 1 unspecified atom stereocenters. The summed E-state index contributed by atoms with van der Waals surface area (Å²) >= 11 is 0. The summed E-state index contributed by atoms with van der Waals surface area (Å²) in [6.45, 7) is 6.85. The minimum absolute atomic E-state index is 0.264. The molecule has 1 aromatic rings. The van der Waals surface area contributed by atoms with Crippen LogP contribution in [0.5, 0.6) is 5.75 Å². The molecule has 0 spiro atoms. The van der Waals surface area contributed by atoms with Gasteiger partial charge in [0.15, 0.2) is 0 Å². The summed E-state index contributed by atoms with van der Waals surface area (Å²) in [6, 6.07) is 8.22. The minimum Gasteiger partial charge on any atom is -0.490 e. The Labute approximate surface area is 110 Å². The third-order valence-corrected chi connectivity index (χ3v) is 2.89. The highest BCUT2D eigenvalue weighted by Gasteiger charge is 2.05. The van der Waals surface area contributed by atoms with Crippen molar-refractivity contribution in [2.24, 2.45) is 0 Å². The Morgan fingerprint density at radius 1 is 1.28 bits per heavy atom. The second kappa shape index (κ2) is 8.95. The SMILES string of the molecule is CCC(C)Oc1ccccc1CNCCCOC. The molecule has 0 fully saturated rings. The van der Waals surface area contributed by atoms with Crippen LogP contribution >= 0.6 is 0 Å². The average molecular weight is 251 g/mol. The Morgan fingerprint density at radius 3 is 2.78 bits per heavy atom. The Kier molecular flexibility index (Phi) is 7.46. The molecule has 0 saturated carbocycles. The third kappa shape index (κ3) is 5.52. The molecule has 0 aromatic heterocycles. The number of nitrogens with one attached hydrogen (secondary N) is 1. The van der Waals surface area contributed by atoms with Gasteiger partial charge in [0.05, 0.1) is 6.10 Å². The van der Waals surface area contributed by atoms with Gasteiger partial charge in [-0.2, -0.15) is 0 Å². The quantitative estimate of drug-likeness (QED) is 0.684. The van der Waals surface area contributed by atoms with Crippen molar-refractivity contribution in [2.45, 2.75) is 39.3 Å². The molecule has 0 bridgehead atoms. The van der Waals surface area contributed by atoms with E-state index in [4.69, 9.17) is 9.47 Å². The highest BCUT2D eigenvalue weighted by molar-refractivity contribution is 5.33. The van der Waals surface area contributed by atoms with E-state index in [9.17, 15) is 0 Å². The Morgan fingerprint density at radius 2 is 2.06 bits per heavy atom. The lowest BCUT2D eigenvalue weighted by Gasteiger charge is -2.16. The van der Waals surface area contributed by atoms with Gasteiger partial charge in [-0.05, 0) is 32.4 Å². The number of methoxy groups -OCH3 is 1. The fourth-order valence-electron chi connectivity index (χ4n) is 1.63. The molecule has 0 aliphatic rings. The lowest BCUT2D eigenvalue weighted by molar-refractivity contribution is 0.194. The van der Waals surface area contributed by atoms with Gasteiger partial charge in [-0.1, -0.05) is 25.1 Å². The lowest BCUT2D eigenvalue weighted by atomic mass is 10.2. The van der Waals surface area contributed by atoms with Crippen LogP contribution in [-0.4, -0.2) is 26.4 Å². The highest BCUT2D eigenvalue weighted by Crippen LogP contribution is 2.19. The van der Waals surface area contributed by atoms with Crippen molar-refractivity contribution >= 4 is 0 Å². The molecule has 0 radical (unpaired) electrons. The number of benzene rings is 1. The molecule has 0 amide bonds. The zero-order valence-electron chi connectivity index (χ0n) is 11.7. The van der Waals surface area contributed by atoms with Crippen molar-refractivity contribution in [3.05, 3.63) is 29.8 Å². The number of ether oxygens (including phenoxy) is 2. The molecular formula is C15H25NO2. The van der Waals surface area contributed by atoms with Crippen molar-refractivity contribution in [1.29, 1.82) is 0 Å². The van der Waals surface area contributed by atoms with Gasteiger partial charge in [0, 0.05) is 25.8 Å². The van der Waals surface area contributed by atoms with Crippen LogP contribution < -0.4 is 10.1 Å². The summed E-state index contributed by atoms with van der Waals surface area (Å²) in [6.07, 6.45) is 2.32. The summed E-state index contributed by atoms with van der Waals surface area (Å²) in [7, 11) is 1.73. The first-order valence-electron chi connectivity index (χ1n) is 6.72. The van der Waals surface area contributed by atoms with E-state index >= 15 is 0 Å². The Bertz CT molecular complexity index is 328. The van der Waals surface area contributed by atoms with Crippen molar-refractivity contribution in [2.75, 3.05) is 20.3 Å². The summed E-state index contributed by atoms with van der Waals surface area (Å²) in [4.78, 5) is 0. The van der Waals surface area contributed by atoms with Crippen molar-refractivity contribution in [3.63, 3.8) is 0 Å². The molecule has 0 saturated heterocycles. The smallest absolute Gasteiger partial charge is 0.124 e. The van der Waals surface area contributed by atoms with Gasteiger partial charge in [0.25, 0.3) is 0 Å². The van der Waals surface area contributed by atoms with Crippen LogP contribution in [0.1, 0.15) is 32.3 Å². The Balaban J connectivity index is 2.43. The molecule has 3 nitrogen and oxygen atoms in total. The molecule has 0 aliphatic carbocycles. The molecular weight excluding hydrogens is 226 g/mol. The summed E-state index contributed by atoms with van der Waals surface area (Å²) in [5, 5.41) is 3.41. The zero-order chi connectivity index (χ0) is 13.2. The van der Waals surface area contributed by atoms with E-state index in [-0.39, 0.29) is 6.10 Å². The second-order valence-electron chi connectivity index (χ2n) is 4.47. The van der Waals surface area contributed by atoms with Gasteiger partial charge in [0.1, 0.15) is 5.75 Å². The van der Waals surface area contributed by atoms with E-state index in [1.54, 1.807) is 7.11 Å². The summed E-state index contributed by atoms with van der Waals surface area (Å²) < 4.78 is 10.9. The lowest BCUT2D eigenvalue weighted by Crippen LogP contribution is -2.18.